The van der Waals surface area contributed by atoms with Gasteiger partial charge in [-0.3, -0.25) is 4.98 Å². The number of nitrogens with zero attached hydrogens (tertiary/aromatic N) is 3. The van der Waals surface area contributed by atoms with Crippen molar-refractivity contribution in [3.63, 3.8) is 0 Å². The Kier molecular flexibility index (Phi) is 3.22. The molecule has 2 fully saturated rings. The van der Waals surface area contributed by atoms with Crippen molar-refractivity contribution in [2.24, 2.45) is 11.8 Å². The van der Waals surface area contributed by atoms with Crippen LogP contribution in [0.2, 0.25) is 5.02 Å². The standard InChI is InChI=1S/C15H18ClN5O/c1-8-6-12(17-7-11(8)16)21-5-4-10(9-2-3-9)13(21)14-18-15(22)20-19-14/h6-7,9-10,13H,2-5H2,1H3,(H2,18,19,20,22). The third kappa shape index (κ3) is 2.31. The van der Waals surface area contributed by atoms with E-state index >= 15 is 0 Å². The molecule has 2 aliphatic rings. The molecule has 2 unspecified atom stereocenters. The summed E-state index contributed by atoms with van der Waals surface area (Å²) in [6.07, 6.45) is 5.35. The molecule has 1 saturated carbocycles. The summed E-state index contributed by atoms with van der Waals surface area (Å²) in [5, 5.41) is 7.35. The van der Waals surface area contributed by atoms with Crippen molar-refractivity contribution >= 4 is 17.4 Å². The van der Waals surface area contributed by atoms with Crippen LogP contribution in [0.1, 0.15) is 36.7 Å². The van der Waals surface area contributed by atoms with Crippen molar-refractivity contribution < 1.29 is 0 Å². The lowest BCUT2D eigenvalue weighted by molar-refractivity contribution is 0.414. The number of pyridine rings is 1. The van der Waals surface area contributed by atoms with Crippen molar-refractivity contribution in [3.8, 4) is 0 Å². The zero-order valence-electron chi connectivity index (χ0n) is 12.3. The van der Waals surface area contributed by atoms with E-state index in [-0.39, 0.29) is 11.7 Å². The average molecular weight is 320 g/mol. The van der Waals surface area contributed by atoms with Gasteiger partial charge in [-0.1, -0.05) is 11.6 Å². The van der Waals surface area contributed by atoms with Crippen molar-refractivity contribution in [3.05, 3.63) is 39.2 Å². The highest BCUT2D eigenvalue weighted by atomic mass is 35.5. The van der Waals surface area contributed by atoms with Gasteiger partial charge in [0, 0.05) is 12.7 Å². The van der Waals surface area contributed by atoms with E-state index in [4.69, 9.17) is 11.6 Å². The second-order valence-corrected chi connectivity index (χ2v) is 6.69. The summed E-state index contributed by atoms with van der Waals surface area (Å²) in [7, 11) is 0. The molecule has 116 valence electrons. The molecule has 2 aromatic rings. The van der Waals surface area contributed by atoms with Crippen molar-refractivity contribution in [1.29, 1.82) is 0 Å². The fourth-order valence-corrected chi connectivity index (χ4v) is 3.65. The summed E-state index contributed by atoms with van der Waals surface area (Å²) in [5.41, 5.74) is 0.757. The third-order valence-electron chi connectivity index (χ3n) is 4.80. The molecule has 3 heterocycles. The number of nitrogens with one attached hydrogen (secondary N) is 2. The van der Waals surface area contributed by atoms with E-state index in [1.807, 2.05) is 13.0 Å². The Bertz CT molecular complexity index is 750. The van der Waals surface area contributed by atoms with Gasteiger partial charge in [-0.05, 0) is 49.7 Å². The topological polar surface area (TPSA) is 77.7 Å². The first-order valence-corrected chi connectivity index (χ1v) is 8.04. The molecule has 0 amide bonds. The smallest absolute Gasteiger partial charge is 0.340 e. The first-order chi connectivity index (χ1) is 10.6. The number of anilines is 1. The second kappa shape index (κ2) is 5.12. The molecule has 1 aliphatic carbocycles. The third-order valence-corrected chi connectivity index (χ3v) is 5.19. The van der Waals surface area contributed by atoms with Crippen molar-refractivity contribution in [1.82, 2.24) is 20.2 Å². The van der Waals surface area contributed by atoms with E-state index in [1.54, 1.807) is 6.20 Å². The number of H-pyrrole nitrogens is 2. The quantitative estimate of drug-likeness (QED) is 0.911. The van der Waals surface area contributed by atoms with E-state index < -0.39 is 0 Å². The molecule has 0 spiro atoms. The predicted molar refractivity (Wildman–Crippen MR) is 84.1 cm³/mol. The number of rotatable bonds is 3. The van der Waals surface area contributed by atoms with Gasteiger partial charge < -0.3 is 4.90 Å². The number of aromatic amines is 2. The van der Waals surface area contributed by atoms with Gasteiger partial charge in [-0.2, -0.15) is 5.10 Å². The minimum absolute atomic E-state index is 0.0829. The lowest BCUT2D eigenvalue weighted by Crippen LogP contribution is -2.28. The first kappa shape index (κ1) is 13.8. The van der Waals surface area contributed by atoms with E-state index in [0.717, 1.165) is 30.3 Å². The van der Waals surface area contributed by atoms with Crippen LogP contribution >= 0.6 is 11.6 Å². The molecule has 6 nitrogen and oxygen atoms in total. The van der Waals surface area contributed by atoms with Gasteiger partial charge in [-0.15, -0.1) is 0 Å². The highest BCUT2D eigenvalue weighted by Crippen LogP contribution is 2.50. The van der Waals surface area contributed by atoms with Gasteiger partial charge >= 0.3 is 5.69 Å². The summed E-state index contributed by atoms with van der Waals surface area (Å²) in [6, 6.07) is 2.09. The zero-order chi connectivity index (χ0) is 15.3. The van der Waals surface area contributed by atoms with Crippen LogP contribution in [0.5, 0.6) is 0 Å². The molecule has 2 aromatic heterocycles. The minimum Gasteiger partial charge on any atom is -0.346 e. The molecule has 4 rings (SSSR count). The fraction of sp³-hybridized carbons (Fsp3) is 0.533. The van der Waals surface area contributed by atoms with E-state index in [1.165, 1.54) is 12.8 Å². The van der Waals surface area contributed by atoms with E-state index in [2.05, 4.69) is 25.1 Å². The SMILES string of the molecule is Cc1cc(N2CCC(C3CC3)C2c2n[nH]c(=O)[nH]2)ncc1Cl. The fourth-order valence-electron chi connectivity index (χ4n) is 3.55. The molecule has 1 saturated heterocycles. The Morgan fingerprint density at radius 2 is 2.18 bits per heavy atom. The Labute approximate surface area is 132 Å². The number of aryl methyl sites for hydroxylation is 1. The second-order valence-electron chi connectivity index (χ2n) is 6.28. The zero-order valence-corrected chi connectivity index (χ0v) is 13.1. The minimum atomic E-state index is -0.253. The monoisotopic (exact) mass is 319 g/mol. The van der Waals surface area contributed by atoms with Gasteiger partial charge in [-0.25, -0.2) is 14.9 Å². The molecule has 1 aliphatic heterocycles. The molecule has 7 heteroatoms. The Morgan fingerprint density at radius 3 is 2.82 bits per heavy atom. The number of hydrogen-bond acceptors (Lipinski definition) is 4. The van der Waals surface area contributed by atoms with Gasteiger partial charge in [0.1, 0.15) is 5.82 Å². The Morgan fingerprint density at radius 1 is 1.36 bits per heavy atom. The van der Waals surface area contributed by atoms with Crippen LogP contribution in [0.25, 0.3) is 0 Å². The lowest BCUT2D eigenvalue weighted by atomic mass is 9.94. The molecule has 0 radical (unpaired) electrons. The van der Waals surface area contributed by atoms with Gasteiger partial charge in [0.05, 0.1) is 11.1 Å². The van der Waals surface area contributed by atoms with E-state index in [0.29, 0.717) is 16.8 Å². The Hall–Kier alpha value is -1.82. The van der Waals surface area contributed by atoms with Crippen molar-refractivity contribution in [2.75, 3.05) is 11.4 Å². The van der Waals surface area contributed by atoms with E-state index in [9.17, 15) is 4.79 Å². The average Bonchev–Trinajstić information content (AvgIpc) is 3.10. The summed E-state index contributed by atoms with van der Waals surface area (Å²) < 4.78 is 0. The summed E-state index contributed by atoms with van der Waals surface area (Å²) in [4.78, 5) is 21.0. The maximum Gasteiger partial charge on any atom is 0.340 e. The highest BCUT2D eigenvalue weighted by Gasteiger charge is 2.45. The number of aromatic nitrogens is 4. The van der Waals surface area contributed by atoms with Gasteiger partial charge in [0.15, 0.2) is 5.82 Å². The number of hydrogen-bond donors (Lipinski definition) is 2. The summed E-state index contributed by atoms with van der Waals surface area (Å²) in [5.74, 6) is 2.88. The predicted octanol–water partition coefficient (Wildman–Crippen LogP) is 2.43. The van der Waals surface area contributed by atoms with Gasteiger partial charge in [0.25, 0.3) is 0 Å². The lowest BCUT2D eigenvalue weighted by Gasteiger charge is -2.27. The molecule has 2 atom stereocenters. The van der Waals surface area contributed by atoms with Crippen LogP contribution < -0.4 is 10.6 Å². The largest absolute Gasteiger partial charge is 0.346 e. The maximum atomic E-state index is 11.5. The van der Waals surface area contributed by atoms with Crippen LogP contribution in [0.15, 0.2) is 17.1 Å². The Balaban J connectivity index is 1.73. The van der Waals surface area contributed by atoms with Crippen LogP contribution in [-0.4, -0.2) is 26.7 Å². The van der Waals surface area contributed by atoms with Crippen molar-refractivity contribution in [2.45, 2.75) is 32.2 Å². The molecular weight excluding hydrogens is 302 g/mol. The van der Waals surface area contributed by atoms with Crippen LogP contribution in [-0.2, 0) is 0 Å². The maximum absolute atomic E-state index is 11.5. The molecule has 22 heavy (non-hydrogen) atoms. The first-order valence-electron chi connectivity index (χ1n) is 7.67. The summed E-state index contributed by atoms with van der Waals surface area (Å²) >= 11 is 6.09. The molecule has 0 aromatic carbocycles. The van der Waals surface area contributed by atoms with Crippen LogP contribution in [0.4, 0.5) is 5.82 Å². The highest BCUT2D eigenvalue weighted by molar-refractivity contribution is 6.31. The summed E-state index contributed by atoms with van der Waals surface area (Å²) in [6.45, 7) is 2.90. The molecule has 2 N–H and O–H groups in total. The normalized spacial score (nSPS) is 24.9. The number of halogens is 1. The van der Waals surface area contributed by atoms with Gasteiger partial charge in [0.2, 0.25) is 0 Å². The molecular formula is C15H18ClN5O. The molecule has 0 bridgehead atoms. The van der Waals surface area contributed by atoms with Crippen LogP contribution in [0, 0.1) is 18.8 Å². The van der Waals surface area contributed by atoms with Crippen LogP contribution in [0.3, 0.4) is 0 Å².